The SMILES string of the molecule is Cc1ncc2sc(CN3C[C@H](C(C)(C)C)C[C@@](CCC(C)C)(C(=O)O)C3)cc2n1. The molecule has 3 rings (SSSR count). The van der Waals surface area contributed by atoms with Gasteiger partial charge in [-0.05, 0) is 49.5 Å². The van der Waals surface area contributed by atoms with E-state index in [1.807, 2.05) is 13.1 Å². The number of aliphatic carboxylic acids is 1. The molecule has 1 aliphatic rings. The molecule has 1 N–H and O–H groups in total. The zero-order chi connectivity index (χ0) is 21.4. The van der Waals surface area contributed by atoms with E-state index < -0.39 is 11.4 Å². The van der Waals surface area contributed by atoms with Crippen molar-refractivity contribution in [2.24, 2.45) is 22.7 Å². The third-order valence-corrected chi connectivity index (χ3v) is 7.39. The first-order valence-electron chi connectivity index (χ1n) is 10.7. The van der Waals surface area contributed by atoms with Gasteiger partial charge in [-0.1, -0.05) is 34.6 Å². The molecule has 0 unspecified atom stereocenters. The molecule has 1 fully saturated rings. The molecule has 5 nitrogen and oxygen atoms in total. The predicted octanol–water partition coefficient (Wildman–Crippen LogP) is 5.37. The number of carboxylic acids is 1. The summed E-state index contributed by atoms with van der Waals surface area (Å²) in [5.41, 5.74) is 0.416. The molecule has 1 saturated heterocycles. The Morgan fingerprint density at radius 2 is 2.14 bits per heavy atom. The molecule has 160 valence electrons. The minimum Gasteiger partial charge on any atom is -0.481 e. The minimum atomic E-state index is -0.659. The van der Waals surface area contributed by atoms with Gasteiger partial charge >= 0.3 is 5.97 Å². The molecule has 0 saturated carbocycles. The smallest absolute Gasteiger partial charge is 0.310 e. The Labute approximate surface area is 178 Å². The van der Waals surface area contributed by atoms with Crippen molar-refractivity contribution in [1.82, 2.24) is 14.9 Å². The number of aromatic nitrogens is 2. The van der Waals surface area contributed by atoms with Crippen LogP contribution in [0.2, 0.25) is 0 Å². The van der Waals surface area contributed by atoms with E-state index in [9.17, 15) is 9.90 Å². The number of aryl methyl sites for hydroxylation is 1. The van der Waals surface area contributed by atoms with Gasteiger partial charge in [0.2, 0.25) is 0 Å². The standard InChI is InChI=1S/C23H35N3O2S/c1-15(2)7-8-23(21(27)28)10-17(22(4,5)6)12-26(14-23)13-18-9-19-20(29-18)11-24-16(3)25-19/h9,11,15,17H,7-8,10,12-14H2,1-6H3,(H,27,28)/t17-,23-/m1/s1. The lowest BCUT2D eigenvalue weighted by atomic mass is 9.65. The Morgan fingerprint density at radius 3 is 2.76 bits per heavy atom. The van der Waals surface area contributed by atoms with Gasteiger partial charge in [0.25, 0.3) is 0 Å². The van der Waals surface area contributed by atoms with Crippen molar-refractivity contribution >= 4 is 27.5 Å². The van der Waals surface area contributed by atoms with E-state index in [0.29, 0.717) is 18.4 Å². The second kappa shape index (κ2) is 8.31. The number of carboxylic acid groups (broad SMARTS) is 1. The van der Waals surface area contributed by atoms with Crippen LogP contribution in [0.5, 0.6) is 0 Å². The summed E-state index contributed by atoms with van der Waals surface area (Å²) in [5.74, 6) is 1.02. The topological polar surface area (TPSA) is 66.3 Å². The summed E-state index contributed by atoms with van der Waals surface area (Å²) in [5, 5.41) is 10.3. The molecule has 0 aliphatic carbocycles. The number of likely N-dealkylation sites (tertiary alicyclic amines) is 1. The maximum absolute atomic E-state index is 12.5. The van der Waals surface area contributed by atoms with Crippen molar-refractivity contribution in [3.8, 4) is 0 Å². The number of rotatable bonds is 6. The van der Waals surface area contributed by atoms with Crippen molar-refractivity contribution in [2.45, 2.75) is 67.3 Å². The fourth-order valence-corrected chi connectivity index (χ4v) is 5.41. The molecule has 29 heavy (non-hydrogen) atoms. The molecule has 0 aromatic carbocycles. The molecule has 0 radical (unpaired) electrons. The van der Waals surface area contributed by atoms with Crippen LogP contribution in [0.15, 0.2) is 12.3 Å². The summed E-state index contributed by atoms with van der Waals surface area (Å²) in [6.45, 7) is 15.3. The zero-order valence-electron chi connectivity index (χ0n) is 18.7. The maximum Gasteiger partial charge on any atom is 0.310 e. The fraction of sp³-hybridized carbons (Fsp3) is 0.696. The summed E-state index contributed by atoms with van der Waals surface area (Å²) in [6.07, 6.45) is 4.37. The lowest BCUT2D eigenvalue weighted by Gasteiger charge is -2.48. The highest BCUT2D eigenvalue weighted by Crippen LogP contribution is 2.45. The molecule has 0 bridgehead atoms. The Morgan fingerprint density at radius 1 is 1.41 bits per heavy atom. The van der Waals surface area contributed by atoms with Gasteiger partial charge in [0, 0.05) is 30.7 Å². The number of thiophene rings is 1. The summed E-state index contributed by atoms with van der Waals surface area (Å²) in [7, 11) is 0. The number of nitrogens with zero attached hydrogens (tertiary/aromatic N) is 3. The first kappa shape index (κ1) is 22.2. The van der Waals surface area contributed by atoms with Gasteiger partial charge in [0.1, 0.15) is 5.82 Å². The van der Waals surface area contributed by atoms with Crippen molar-refractivity contribution in [1.29, 1.82) is 0 Å². The van der Waals surface area contributed by atoms with E-state index in [-0.39, 0.29) is 5.41 Å². The normalized spacial score (nSPS) is 23.8. The molecular formula is C23H35N3O2S. The van der Waals surface area contributed by atoms with Crippen LogP contribution in [0.1, 0.15) is 64.6 Å². The second-order valence-corrected chi connectivity index (χ2v) is 11.5. The predicted molar refractivity (Wildman–Crippen MR) is 119 cm³/mol. The van der Waals surface area contributed by atoms with Crippen LogP contribution in [0.4, 0.5) is 0 Å². The molecule has 0 spiro atoms. The first-order chi connectivity index (χ1) is 13.5. The average Bonchev–Trinajstić information content (AvgIpc) is 3.00. The van der Waals surface area contributed by atoms with Gasteiger partial charge in [0.15, 0.2) is 0 Å². The third-order valence-electron chi connectivity index (χ3n) is 6.34. The number of hydrogen-bond donors (Lipinski definition) is 1. The van der Waals surface area contributed by atoms with Crippen LogP contribution in [0.25, 0.3) is 10.2 Å². The summed E-state index contributed by atoms with van der Waals surface area (Å²) in [4.78, 5) is 24.9. The number of hydrogen-bond acceptors (Lipinski definition) is 5. The van der Waals surface area contributed by atoms with Crippen LogP contribution in [0, 0.1) is 29.6 Å². The van der Waals surface area contributed by atoms with Crippen molar-refractivity contribution in [3.63, 3.8) is 0 Å². The molecule has 0 amide bonds. The lowest BCUT2D eigenvalue weighted by Crippen LogP contribution is -2.53. The molecule has 2 aromatic rings. The zero-order valence-corrected chi connectivity index (χ0v) is 19.5. The Kier molecular flexibility index (Phi) is 6.35. The van der Waals surface area contributed by atoms with E-state index in [0.717, 1.165) is 48.4 Å². The molecule has 3 heterocycles. The highest BCUT2D eigenvalue weighted by Gasteiger charge is 2.48. The quantitative estimate of drug-likeness (QED) is 0.684. The number of fused-ring (bicyclic) bond motifs is 1. The summed E-state index contributed by atoms with van der Waals surface area (Å²) in [6, 6.07) is 2.14. The molecule has 2 atom stereocenters. The van der Waals surface area contributed by atoms with E-state index in [1.54, 1.807) is 11.3 Å². The Hall–Kier alpha value is -1.53. The molecule has 2 aromatic heterocycles. The van der Waals surface area contributed by atoms with E-state index >= 15 is 0 Å². The van der Waals surface area contributed by atoms with Gasteiger partial charge in [-0.2, -0.15) is 0 Å². The number of carbonyl (C=O) groups is 1. The van der Waals surface area contributed by atoms with Crippen LogP contribution in [-0.2, 0) is 11.3 Å². The first-order valence-corrected chi connectivity index (χ1v) is 11.5. The average molecular weight is 418 g/mol. The van der Waals surface area contributed by atoms with E-state index in [2.05, 4.69) is 55.6 Å². The lowest BCUT2D eigenvalue weighted by molar-refractivity contribution is -0.157. The van der Waals surface area contributed by atoms with Crippen LogP contribution in [0.3, 0.4) is 0 Å². The van der Waals surface area contributed by atoms with Gasteiger partial charge in [-0.25, -0.2) is 9.97 Å². The third kappa shape index (κ3) is 5.15. The van der Waals surface area contributed by atoms with Crippen LogP contribution < -0.4 is 0 Å². The highest BCUT2D eigenvalue weighted by molar-refractivity contribution is 7.18. The minimum absolute atomic E-state index is 0.0833. The van der Waals surface area contributed by atoms with Crippen molar-refractivity contribution in [2.75, 3.05) is 13.1 Å². The monoisotopic (exact) mass is 417 g/mol. The van der Waals surface area contributed by atoms with Crippen LogP contribution >= 0.6 is 11.3 Å². The Bertz CT molecular complexity index is 871. The van der Waals surface area contributed by atoms with Gasteiger partial charge in [0.05, 0.1) is 15.6 Å². The maximum atomic E-state index is 12.5. The van der Waals surface area contributed by atoms with E-state index in [4.69, 9.17) is 0 Å². The number of piperidine rings is 1. The fourth-order valence-electron chi connectivity index (χ4n) is 4.39. The summed E-state index contributed by atoms with van der Waals surface area (Å²) < 4.78 is 1.10. The van der Waals surface area contributed by atoms with Gasteiger partial charge in [-0.15, -0.1) is 11.3 Å². The van der Waals surface area contributed by atoms with Gasteiger partial charge < -0.3 is 5.11 Å². The van der Waals surface area contributed by atoms with Crippen LogP contribution in [-0.4, -0.2) is 39.0 Å². The largest absolute Gasteiger partial charge is 0.481 e. The molecular weight excluding hydrogens is 382 g/mol. The van der Waals surface area contributed by atoms with Gasteiger partial charge in [-0.3, -0.25) is 9.69 Å². The van der Waals surface area contributed by atoms with Crippen molar-refractivity contribution in [3.05, 3.63) is 23.0 Å². The Balaban J connectivity index is 1.87. The second-order valence-electron chi connectivity index (χ2n) is 10.3. The molecule has 6 heteroatoms. The highest BCUT2D eigenvalue weighted by atomic mass is 32.1. The molecule has 1 aliphatic heterocycles. The van der Waals surface area contributed by atoms with Crippen molar-refractivity contribution < 1.29 is 9.90 Å². The van der Waals surface area contributed by atoms with E-state index in [1.165, 1.54) is 4.88 Å². The summed E-state index contributed by atoms with van der Waals surface area (Å²) >= 11 is 1.72.